The number of hydrogen-bond donors (Lipinski definition) is 1. The SMILES string of the molecule is CC1CCc2ccc(-c3cnoc3N)cc21. The normalized spacial score (nSPS) is 18.7. The Bertz CT molecular complexity index is 530. The van der Waals surface area contributed by atoms with E-state index >= 15 is 0 Å². The summed E-state index contributed by atoms with van der Waals surface area (Å²) in [6.07, 6.45) is 4.12. The summed E-state index contributed by atoms with van der Waals surface area (Å²) in [5.41, 5.74) is 10.6. The quantitative estimate of drug-likeness (QED) is 0.794. The van der Waals surface area contributed by atoms with E-state index in [4.69, 9.17) is 10.3 Å². The zero-order valence-corrected chi connectivity index (χ0v) is 9.23. The van der Waals surface area contributed by atoms with Crippen molar-refractivity contribution in [3.05, 3.63) is 35.5 Å². The summed E-state index contributed by atoms with van der Waals surface area (Å²) < 4.78 is 4.89. The standard InChI is InChI=1S/C13H14N2O/c1-8-2-3-9-4-5-10(6-11(8)9)12-7-15-16-13(12)14/h4-8H,2-3,14H2,1H3. The van der Waals surface area contributed by atoms with Crippen molar-refractivity contribution in [2.45, 2.75) is 25.7 Å². The molecule has 1 aliphatic rings. The third kappa shape index (κ3) is 1.32. The summed E-state index contributed by atoms with van der Waals surface area (Å²) >= 11 is 0. The van der Waals surface area contributed by atoms with Crippen LogP contribution in [0.25, 0.3) is 11.1 Å². The van der Waals surface area contributed by atoms with Gasteiger partial charge in [0.15, 0.2) is 0 Å². The molecule has 0 saturated heterocycles. The monoisotopic (exact) mass is 214 g/mol. The topological polar surface area (TPSA) is 52.0 Å². The predicted molar refractivity (Wildman–Crippen MR) is 63.1 cm³/mol. The molecule has 0 aliphatic heterocycles. The molecule has 16 heavy (non-hydrogen) atoms. The predicted octanol–water partition coefficient (Wildman–Crippen LogP) is 2.97. The molecule has 0 spiro atoms. The first-order valence-corrected chi connectivity index (χ1v) is 5.59. The lowest BCUT2D eigenvalue weighted by Crippen LogP contribution is -1.89. The van der Waals surface area contributed by atoms with Gasteiger partial charge in [-0.1, -0.05) is 30.3 Å². The van der Waals surface area contributed by atoms with Crippen LogP contribution < -0.4 is 5.73 Å². The minimum atomic E-state index is 0.394. The fraction of sp³-hybridized carbons (Fsp3) is 0.308. The van der Waals surface area contributed by atoms with E-state index in [0.29, 0.717) is 11.8 Å². The first-order valence-electron chi connectivity index (χ1n) is 5.59. The fourth-order valence-corrected chi connectivity index (χ4v) is 2.44. The average molecular weight is 214 g/mol. The van der Waals surface area contributed by atoms with Gasteiger partial charge in [-0.15, -0.1) is 0 Å². The summed E-state index contributed by atoms with van der Waals surface area (Å²) in [5.74, 6) is 1.04. The first-order chi connectivity index (χ1) is 7.75. The smallest absolute Gasteiger partial charge is 0.229 e. The van der Waals surface area contributed by atoms with Crippen molar-refractivity contribution < 1.29 is 4.52 Å². The van der Waals surface area contributed by atoms with E-state index < -0.39 is 0 Å². The number of rotatable bonds is 1. The Balaban J connectivity index is 2.11. The van der Waals surface area contributed by atoms with Crippen molar-refractivity contribution in [1.29, 1.82) is 0 Å². The number of anilines is 1. The minimum Gasteiger partial charge on any atom is -0.367 e. The lowest BCUT2D eigenvalue weighted by Gasteiger charge is -2.06. The Morgan fingerprint density at radius 1 is 1.44 bits per heavy atom. The molecule has 3 rings (SSSR count). The van der Waals surface area contributed by atoms with Gasteiger partial charge in [-0.05, 0) is 35.4 Å². The van der Waals surface area contributed by atoms with E-state index in [9.17, 15) is 0 Å². The maximum atomic E-state index is 5.72. The number of fused-ring (bicyclic) bond motifs is 1. The van der Waals surface area contributed by atoms with Gasteiger partial charge in [-0.25, -0.2) is 0 Å². The number of nitrogen functional groups attached to an aromatic ring is 1. The van der Waals surface area contributed by atoms with Gasteiger partial charge >= 0.3 is 0 Å². The van der Waals surface area contributed by atoms with Crippen LogP contribution in [0.5, 0.6) is 0 Å². The Hall–Kier alpha value is -1.77. The number of nitrogens with two attached hydrogens (primary N) is 1. The maximum absolute atomic E-state index is 5.72. The van der Waals surface area contributed by atoms with E-state index in [-0.39, 0.29) is 0 Å². The molecular weight excluding hydrogens is 200 g/mol. The van der Waals surface area contributed by atoms with Crippen LogP contribution in [-0.2, 0) is 6.42 Å². The highest BCUT2D eigenvalue weighted by atomic mass is 16.5. The summed E-state index contributed by atoms with van der Waals surface area (Å²) in [5, 5.41) is 3.71. The van der Waals surface area contributed by atoms with E-state index in [2.05, 4.69) is 30.3 Å². The molecule has 1 heterocycles. The van der Waals surface area contributed by atoms with E-state index in [1.54, 1.807) is 6.20 Å². The minimum absolute atomic E-state index is 0.394. The first kappa shape index (κ1) is 9.46. The van der Waals surface area contributed by atoms with Gasteiger partial charge in [0.25, 0.3) is 0 Å². The fourth-order valence-electron chi connectivity index (χ4n) is 2.44. The van der Waals surface area contributed by atoms with Crippen molar-refractivity contribution >= 4 is 5.88 Å². The molecule has 1 aromatic carbocycles. The van der Waals surface area contributed by atoms with Crippen molar-refractivity contribution in [2.75, 3.05) is 5.73 Å². The number of hydrogen-bond acceptors (Lipinski definition) is 3. The average Bonchev–Trinajstić information content (AvgIpc) is 2.86. The molecule has 1 aliphatic carbocycles. The van der Waals surface area contributed by atoms with Crippen LogP contribution in [-0.4, -0.2) is 5.16 Å². The molecular formula is C13H14N2O. The molecule has 2 N–H and O–H groups in total. The van der Waals surface area contributed by atoms with Crippen LogP contribution in [0.3, 0.4) is 0 Å². The van der Waals surface area contributed by atoms with Gasteiger partial charge in [-0.3, -0.25) is 0 Å². The molecule has 0 fully saturated rings. The summed E-state index contributed by atoms with van der Waals surface area (Å²) in [6, 6.07) is 6.51. The molecule has 0 radical (unpaired) electrons. The van der Waals surface area contributed by atoms with E-state index in [1.165, 1.54) is 24.0 Å². The van der Waals surface area contributed by atoms with Gasteiger partial charge in [0.1, 0.15) is 0 Å². The lowest BCUT2D eigenvalue weighted by atomic mass is 9.98. The van der Waals surface area contributed by atoms with Gasteiger partial charge in [0.2, 0.25) is 5.88 Å². The zero-order valence-electron chi connectivity index (χ0n) is 9.23. The molecule has 1 aromatic heterocycles. The van der Waals surface area contributed by atoms with Gasteiger partial charge in [-0.2, -0.15) is 0 Å². The third-order valence-electron chi connectivity index (χ3n) is 3.43. The Labute approximate surface area is 94.2 Å². The highest BCUT2D eigenvalue weighted by molar-refractivity contribution is 5.73. The molecule has 1 unspecified atom stereocenters. The van der Waals surface area contributed by atoms with Crippen LogP contribution in [0, 0.1) is 0 Å². The van der Waals surface area contributed by atoms with Crippen LogP contribution in [0.2, 0.25) is 0 Å². The lowest BCUT2D eigenvalue weighted by molar-refractivity contribution is 0.436. The zero-order chi connectivity index (χ0) is 11.1. The second-order valence-corrected chi connectivity index (χ2v) is 4.46. The Kier molecular flexibility index (Phi) is 1.99. The molecule has 0 saturated carbocycles. The van der Waals surface area contributed by atoms with Crippen LogP contribution in [0.1, 0.15) is 30.4 Å². The highest BCUT2D eigenvalue weighted by Crippen LogP contribution is 2.36. The van der Waals surface area contributed by atoms with Crippen LogP contribution >= 0.6 is 0 Å². The van der Waals surface area contributed by atoms with Crippen LogP contribution in [0.15, 0.2) is 28.9 Å². The summed E-state index contributed by atoms with van der Waals surface area (Å²) in [4.78, 5) is 0. The van der Waals surface area contributed by atoms with Crippen molar-refractivity contribution in [3.63, 3.8) is 0 Å². The molecule has 1 atom stereocenters. The largest absolute Gasteiger partial charge is 0.367 e. The molecule has 3 nitrogen and oxygen atoms in total. The maximum Gasteiger partial charge on any atom is 0.229 e. The number of benzene rings is 1. The van der Waals surface area contributed by atoms with Gasteiger partial charge < -0.3 is 10.3 Å². The van der Waals surface area contributed by atoms with E-state index in [0.717, 1.165) is 11.1 Å². The third-order valence-corrected chi connectivity index (χ3v) is 3.43. The summed E-state index contributed by atoms with van der Waals surface area (Å²) in [7, 11) is 0. The second kappa shape index (κ2) is 3.37. The molecule has 2 aromatic rings. The van der Waals surface area contributed by atoms with Gasteiger partial charge in [0, 0.05) is 0 Å². The number of aromatic nitrogens is 1. The van der Waals surface area contributed by atoms with Gasteiger partial charge in [0.05, 0.1) is 11.8 Å². The Morgan fingerprint density at radius 3 is 3.06 bits per heavy atom. The van der Waals surface area contributed by atoms with Crippen molar-refractivity contribution in [1.82, 2.24) is 5.16 Å². The molecule has 3 heteroatoms. The van der Waals surface area contributed by atoms with Crippen molar-refractivity contribution in [3.8, 4) is 11.1 Å². The summed E-state index contributed by atoms with van der Waals surface area (Å²) in [6.45, 7) is 2.27. The molecule has 82 valence electrons. The second-order valence-electron chi connectivity index (χ2n) is 4.46. The number of nitrogens with zero attached hydrogens (tertiary/aromatic N) is 1. The molecule has 0 amide bonds. The molecule has 0 bridgehead atoms. The highest BCUT2D eigenvalue weighted by Gasteiger charge is 2.19. The number of aryl methyl sites for hydroxylation is 1. The Morgan fingerprint density at radius 2 is 2.31 bits per heavy atom. The van der Waals surface area contributed by atoms with Crippen molar-refractivity contribution in [2.24, 2.45) is 0 Å². The van der Waals surface area contributed by atoms with E-state index in [1.807, 2.05) is 0 Å². The van der Waals surface area contributed by atoms with Crippen LogP contribution in [0.4, 0.5) is 5.88 Å².